The van der Waals surface area contributed by atoms with E-state index in [2.05, 4.69) is 22.9 Å². The molecule has 0 bridgehead atoms. The van der Waals surface area contributed by atoms with Gasteiger partial charge in [0.1, 0.15) is 17.3 Å². The highest BCUT2D eigenvalue weighted by Crippen LogP contribution is 2.37. The first-order valence-corrected chi connectivity index (χ1v) is 12.9. The Kier molecular flexibility index (Phi) is 9.32. The van der Waals surface area contributed by atoms with E-state index in [0.717, 1.165) is 25.7 Å². The molecule has 0 aliphatic heterocycles. The van der Waals surface area contributed by atoms with Crippen LogP contribution >= 0.6 is 15.9 Å². The number of carbonyl (C=O) groups is 1. The van der Waals surface area contributed by atoms with Crippen LogP contribution < -0.4 is 15.0 Å². The third-order valence-electron chi connectivity index (χ3n) is 6.12. The fourth-order valence-corrected chi connectivity index (χ4v) is 4.78. The van der Waals surface area contributed by atoms with E-state index in [1.165, 1.54) is 0 Å². The second-order valence-corrected chi connectivity index (χ2v) is 9.30. The number of amides is 1. The fraction of sp³-hybridized carbons (Fsp3) is 0.444. The lowest BCUT2D eigenvalue weighted by molar-refractivity contribution is -0.133. The van der Waals surface area contributed by atoms with Gasteiger partial charge in [-0.05, 0) is 47.8 Å². The van der Waals surface area contributed by atoms with Gasteiger partial charge in [0.15, 0.2) is 0 Å². The maximum absolute atomic E-state index is 13.9. The monoisotopic (exact) mass is 543 g/mol. The van der Waals surface area contributed by atoms with E-state index in [0.29, 0.717) is 51.4 Å². The van der Waals surface area contributed by atoms with Crippen molar-refractivity contribution >= 4 is 32.7 Å². The molecule has 0 spiro atoms. The summed E-state index contributed by atoms with van der Waals surface area (Å²) < 4.78 is 13.2. The van der Waals surface area contributed by atoms with Gasteiger partial charge in [0.05, 0.1) is 41.3 Å². The molecule has 8 heteroatoms. The van der Waals surface area contributed by atoms with Crippen molar-refractivity contribution in [2.24, 2.45) is 0 Å². The molecule has 0 aliphatic carbocycles. The summed E-state index contributed by atoms with van der Waals surface area (Å²) in [5.74, 6) is 1.62. The first kappa shape index (κ1) is 26.7. The SMILES string of the molecule is CCCCCN(C(=O)CCC)C(C)c1nc2ccccc2c(=O)n1-c1cc(OC)cc(OC)c1Br. The number of hydrogen-bond acceptors (Lipinski definition) is 5. The van der Waals surface area contributed by atoms with Gasteiger partial charge in [-0.2, -0.15) is 0 Å². The normalized spacial score (nSPS) is 11.9. The van der Waals surface area contributed by atoms with Crippen LogP contribution in [0.5, 0.6) is 11.5 Å². The number of unbranched alkanes of at least 4 members (excludes halogenated alkanes) is 2. The van der Waals surface area contributed by atoms with E-state index in [1.807, 2.05) is 36.9 Å². The lowest BCUT2D eigenvalue weighted by atomic mass is 10.1. The fourth-order valence-electron chi connectivity index (χ4n) is 4.21. The second kappa shape index (κ2) is 12.2. The van der Waals surface area contributed by atoms with Crippen molar-refractivity contribution in [3.05, 3.63) is 57.0 Å². The van der Waals surface area contributed by atoms with Crippen molar-refractivity contribution < 1.29 is 14.3 Å². The van der Waals surface area contributed by atoms with E-state index in [4.69, 9.17) is 14.5 Å². The van der Waals surface area contributed by atoms with Crippen molar-refractivity contribution in [1.29, 1.82) is 0 Å². The maximum Gasteiger partial charge on any atom is 0.266 e. The Balaban J connectivity index is 2.30. The average Bonchev–Trinajstić information content (AvgIpc) is 2.87. The van der Waals surface area contributed by atoms with Crippen LogP contribution in [0.25, 0.3) is 16.6 Å². The van der Waals surface area contributed by atoms with Crippen LogP contribution in [0, 0.1) is 0 Å². The number of nitrogens with zero attached hydrogens (tertiary/aromatic N) is 3. The number of hydrogen-bond donors (Lipinski definition) is 0. The predicted molar refractivity (Wildman–Crippen MR) is 143 cm³/mol. The van der Waals surface area contributed by atoms with Gasteiger partial charge in [-0.3, -0.25) is 14.2 Å². The maximum atomic E-state index is 13.9. The summed E-state index contributed by atoms with van der Waals surface area (Å²) >= 11 is 3.62. The molecule has 35 heavy (non-hydrogen) atoms. The van der Waals surface area contributed by atoms with Gasteiger partial charge in [-0.1, -0.05) is 38.8 Å². The molecule has 7 nitrogen and oxygen atoms in total. The molecule has 0 saturated heterocycles. The number of methoxy groups -OCH3 is 2. The van der Waals surface area contributed by atoms with E-state index < -0.39 is 6.04 Å². The average molecular weight is 544 g/mol. The van der Waals surface area contributed by atoms with E-state index in [-0.39, 0.29) is 11.5 Å². The third kappa shape index (κ3) is 5.69. The summed E-state index contributed by atoms with van der Waals surface area (Å²) in [7, 11) is 3.13. The van der Waals surface area contributed by atoms with Crippen LogP contribution in [-0.4, -0.2) is 41.1 Å². The van der Waals surface area contributed by atoms with Gasteiger partial charge in [-0.25, -0.2) is 4.98 Å². The molecule has 1 unspecified atom stereocenters. The minimum absolute atomic E-state index is 0.0624. The molecule has 0 N–H and O–H groups in total. The lowest BCUT2D eigenvalue weighted by Crippen LogP contribution is -2.38. The number of fused-ring (bicyclic) bond motifs is 1. The Hall–Kier alpha value is -2.87. The Morgan fingerprint density at radius 2 is 1.86 bits per heavy atom. The number of para-hydroxylation sites is 1. The topological polar surface area (TPSA) is 73.7 Å². The molecule has 188 valence electrons. The Morgan fingerprint density at radius 3 is 2.51 bits per heavy atom. The number of carbonyl (C=O) groups excluding carboxylic acids is 1. The zero-order chi connectivity index (χ0) is 25.5. The summed E-state index contributed by atoms with van der Waals surface area (Å²) in [6.45, 7) is 6.69. The van der Waals surface area contributed by atoms with Crippen molar-refractivity contribution in [1.82, 2.24) is 14.5 Å². The molecular formula is C27H34BrN3O4. The van der Waals surface area contributed by atoms with E-state index >= 15 is 0 Å². The minimum Gasteiger partial charge on any atom is -0.497 e. The molecule has 1 atom stereocenters. The van der Waals surface area contributed by atoms with Gasteiger partial charge in [0, 0.05) is 25.1 Å². The lowest BCUT2D eigenvalue weighted by Gasteiger charge is -2.31. The predicted octanol–water partition coefficient (Wildman–Crippen LogP) is 6.05. The molecule has 0 aliphatic rings. The molecule has 1 amide bonds. The highest BCUT2D eigenvalue weighted by Gasteiger charge is 2.27. The molecule has 1 heterocycles. The molecule has 1 aromatic heterocycles. The summed E-state index contributed by atoms with van der Waals surface area (Å²) in [4.78, 5) is 33.9. The molecule has 2 aromatic carbocycles. The number of aromatic nitrogens is 2. The highest BCUT2D eigenvalue weighted by atomic mass is 79.9. The molecule has 0 fully saturated rings. The number of rotatable bonds is 11. The zero-order valence-electron chi connectivity index (χ0n) is 21.1. The minimum atomic E-state index is -0.424. The van der Waals surface area contributed by atoms with Crippen molar-refractivity contribution in [2.45, 2.75) is 58.9 Å². The molecular weight excluding hydrogens is 510 g/mol. The molecule has 3 rings (SSSR count). The van der Waals surface area contributed by atoms with Crippen molar-refractivity contribution in [3.8, 4) is 17.2 Å². The number of benzene rings is 2. The Morgan fingerprint density at radius 1 is 1.11 bits per heavy atom. The first-order valence-electron chi connectivity index (χ1n) is 12.1. The van der Waals surface area contributed by atoms with Crippen LogP contribution in [0.3, 0.4) is 0 Å². The van der Waals surface area contributed by atoms with Gasteiger partial charge in [-0.15, -0.1) is 0 Å². The smallest absolute Gasteiger partial charge is 0.266 e. The van der Waals surface area contributed by atoms with E-state index in [1.54, 1.807) is 37.0 Å². The van der Waals surface area contributed by atoms with Gasteiger partial charge in [0.2, 0.25) is 5.91 Å². The number of ether oxygens (including phenoxy) is 2. The standard InChI is InChI=1S/C27H34BrN3O4/c1-6-8-11-15-30(24(32)12-7-2)18(3)26-29-21-14-10-9-13-20(21)27(33)31(26)22-16-19(34-4)17-23(35-5)25(22)28/h9-10,13-14,16-18H,6-8,11-12,15H2,1-5H3. The van der Waals surface area contributed by atoms with E-state index in [9.17, 15) is 9.59 Å². The molecule has 3 aromatic rings. The van der Waals surface area contributed by atoms with Crippen LogP contribution in [0.1, 0.15) is 64.7 Å². The third-order valence-corrected chi connectivity index (χ3v) is 6.92. The molecule has 0 radical (unpaired) electrons. The van der Waals surface area contributed by atoms with Crippen LogP contribution in [0.4, 0.5) is 0 Å². The Bertz CT molecular complexity index is 1240. The zero-order valence-corrected chi connectivity index (χ0v) is 22.7. The molecule has 0 saturated carbocycles. The van der Waals surface area contributed by atoms with Crippen LogP contribution in [0.2, 0.25) is 0 Å². The van der Waals surface area contributed by atoms with Gasteiger partial charge >= 0.3 is 0 Å². The Labute approximate surface area is 215 Å². The number of halogens is 1. The van der Waals surface area contributed by atoms with Crippen molar-refractivity contribution in [3.63, 3.8) is 0 Å². The summed E-state index contributed by atoms with van der Waals surface area (Å²) in [6.07, 6.45) is 4.18. The quantitative estimate of drug-likeness (QED) is 0.275. The summed E-state index contributed by atoms with van der Waals surface area (Å²) in [6, 6.07) is 10.4. The van der Waals surface area contributed by atoms with Crippen LogP contribution in [0.15, 0.2) is 45.7 Å². The van der Waals surface area contributed by atoms with Crippen LogP contribution in [-0.2, 0) is 4.79 Å². The van der Waals surface area contributed by atoms with Crippen molar-refractivity contribution in [2.75, 3.05) is 20.8 Å². The van der Waals surface area contributed by atoms with Gasteiger partial charge < -0.3 is 14.4 Å². The van der Waals surface area contributed by atoms with Gasteiger partial charge in [0.25, 0.3) is 5.56 Å². The largest absolute Gasteiger partial charge is 0.497 e. The highest BCUT2D eigenvalue weighted by molar-refractivity contribution is 9.10. The summed E-state index contributed by atoms with van der Waals surface area (Å²) in [5, 5.41) is 0.495. The summed E-state index contributed by atoms with van der Waals surface area (Å²) in [5.41, 5.74) is 0.922. The second-order valence-electron chi connectivity index (χ2n) is 8.51. The first-order chi connectivity index (χ1) is 16.9.